The molecule has 1 unspecified atom stereocenters. The first-order chi connectivity index (χ1) is 21.3. The molecule has 0 N–H and O–H groups in total. The molecule has 1 aliphatic carbocycles. The zero-order chi connectivity index (χ0) is 30.2. The summed E-state index contributed by atoms with van der Waals surface area (Å²) in [6, 6.07) is 26.9. The molecule has 0 amide bonds. The van der Waals surface area contributed by atoms with Crippen LogP contribution >= 0.6 is 0 Å². The molecule has 0 spiro atoms. The van der Waals surface area contributed by atoms with Crippen LogP contribution in [0.5, 0.6) is 5.75 Å². The Morgan fingerprint density at radius 3 is 2.14 bits per heavy atom. The second-order valence-corrected chi connectivity index (χ2v) is 12.7. The highest BCUT2D eigenvalue weighted by molar-refractivity contribution is 6.08. The van der Waals surface area contributed by atoms with E-state index >= 15 is 4.39 Å². The maximum Gasteiger partial charge on any atom is 0.178 e. The second-order valence-electron chi connectivity index (χ2n) is 12.7. The quantitative estimate of drug-likeness (QED) is 0.211. The van der Waals surface area contributed by atoms with Gasteiger partial charge in [-0.05, 0) is 77.0 Å². The fourth-order valence-corrected chi connectivity index (χ4v) is 7.45. The van der Waals surface area contributed by atoms with Crippen LogP contribution in [0, 0.1) is 18.6 Å². The minimum atomic E-state index is -0.945. The van der Waals surface area contributed by atoms with Crippen molar-refractivity contribution in [3.63, 3.8) is 0 Å². The summed E-state index contributed by atoms with van der Waals surface area (Å²) in [5.74, 6) is 0.0460. The number of hydrogen-bond acceptors (Lipinski definition) is 3. The van der Waals surface area contributed by atoms with E-state index in [-0.39, 0.29) is 11.6 Å². The van der Waals surface area contributed by atoms with E-state index in [4.69, 9.17) is 9.47 Å². The minimum Gasteiger partial charge on any atom is -0.472 e. The third-order valence-electron chi connectivity index (χ3n) is 9.71. The fourth-order valence-electron chi connectivity index (χ4n) is 7.45. The Kier molecular flexibility index (Phi) is 6.01. The molecule has 5 heteroatoms. The van der Waals surface area contributed by atoms with Gasteiger partial charge in [0.05, 0.1) is 13.2 Å². The van der Waals surface area contributed by atoms with Crippen molar-refractivity contribution in [2.24, 2.45) is 0 Å². The summed E-state index contributed by atoms with van der Waals surface area (Å²) in [5, 5.41) is 1.60. The topological polar surface area (TPSA) is 21.7 Å². The van der Waals surface area contributed by atoms with Gasteiger partial charge in [-0.15, -0.1) is 0 Å². The summed E-state index contributed by atoms with van der Waals surface area (Å²) in [6.07, 6.45) is 4.27. The lowest BCUT2D eigenvalue weighted by Gasteiger charge is -2.39. The third-order valence-corrected chi connectivity index (χ3v) is 9.71. The number of rotatable bonds is 3. The number of ether oxygens (including phenoxy) is 2. The molecule has 0 bridgehead atoms. The van der Waals surface area contributed by atoms with E-state index in [0.717, 1.165) is 81.9 Å². The summed E-state index contributed by atoms with van der Waals surface area (Å²) in [7, 11) is 0. The summed E-state index contributed by atoms with van der Waals surface area (Å²) in [5.41, 5.74) is 7.74. The lowest BCUT2D eigenvalue weighted by Crippen LogP contribution is -2.37. The zero-order valence-corrected chi connectivity index (χ0v) is 25.1. The molecule has 0 saturated carbocycles. The highest BCUT2D eigenvalue weighted by atomic mass is 19.1. The average molecular weight is 586 g/mol. The van der Waals surface area contributed by atoms with Crippen LogP contribution in [0.25, 0.3) is 28.0 Å². The number of fused-ring (bicyclic) bond motifs is 8. The van der Waals surface area contributed by atoms with Crippen LogP contribution in [-0.4, -0.2) is 26.3 Å². The maximum atomic E-state index is 15.0. The Labute approximate surface area is 256 Å². The van der Waals surface area contributed by atoms with E-state index < -0.39 is 11.0 Å². The number of nitrogens with zero attached hydrogens (tertiary/aromatic N) is 1. The van der Waals surface area contributed by atoms with Crippen LogP contribution in [0.15, 0.2) is 91.0 Å². The van der Waals surface area contributed by atoms with Crippen molar-refractivity contribution < 1.29 is 18.3 Å². The SMILES string of the molecule is Cc1ccc(C2(c3ccc(N4CCOCC4)cc3)C=Cc3c4c(c5ccc(F)cc5c3O2)-c2ccc(F)cc2C4(C)C)cc1. The number of hydrogen-bond donors (Lipinski definition) is 0. The van der Waals surface area contributed by atoms with Crippen molar-refractivity contribution in [2.45, 2.75) is 31.8 Å². The van der Waals surface area contributed by atoms with Crippen molar-refractivity contribution in [3.8, 4) is 16.9 Å². The second kappa shape index (κ2) is 9.76. The predicted octanol–water partition coefficient (Wildman–Crippen LogP) is 8.92. The number of aryl methyl sites for hydroxylation is 1. The maximum absolute atomic E-state index is 15.0. The molecule has 5 aromatic carbocycles. The Hall–Kier alpha value is -4.48. The van der Waals surface area contributed by atoms with Gasteiger partial charge in [0.25, 0.3) is 0 Å². The molecule has 3 aliphatic rings. The normalized spacial score (nSPS) is 19.8. The van der Waals surface area contributed by atoms with E-state index in [1.807, 2.05) is 12.1 Å². The molecule has 1 atom stereocenters. The number of anilines is 1. The lowest BCUT2D eigenvalue weighted by atomic mass is 9.76. The first-order valence-electron chi connectivity index (χ1n) is 15.2. The highest BCUT2D eigenvalue weighted by Gasteiger charge is 2.44. The number of morpholine rings is 1. The molecule has 8 rings (SSSR count). The van der Waals surface area contributed by atoms with Gasteiger partial charge in [-0.2, -0.15) is 0 Å². The van der Waals surface area contributed by atoms with Crippen LogP contribution in [0.4, 0.5) is 14.5 Å². The Morgan fingerprint density at radius 2 is 1.41 bits per heavy atom. The lowest BCUT2D eigenvalue weighted by molar-refractivity contribution is 0.122. The smallest absolute Gasteiger partial charge is 0.178 e. The highest BCUT2D eigenvalue weighted by Crippen LogP contribution is 2.58. The molecule has 3 nitrogen and oxygen atoms in total. The van der Waals surface area contributed by atoms with Gasteiger partial charge < -0.3 is 14.4 Å². The van der Waals surface area contributed by atoms with Gasteiger partial charge in [0.15, 0.2) is 5.60 Å². The molecule has 220 valence electrons. The molecule has 2 heterocycles. The summed E-state index contributed by atoms with van der Waals surface area (Å²) >= 11 is 0. The molecule has 0 radical (unpaired) electrons. The summed E-state index contributed by atoms with van der Waals surface area (Å²) in [6.45, 7) is 9.49. The van der Waals surface area contributed by atoms with Gasteiger partial charge in [-0.25, -0.2) is 8.78 Å². The molecule has 5 aromatic rings. The van der Waals surface area contributed by atoms with Crippen LogP contribution in [0.2, 0.25) is 0 Å². The van der Waals surface area contributed by atoms with Crippen LogP contribution in [0.3, 0.4) is 0 Å². The zero-order valence-electron chi connectivity index (χ0n) is 25.1. The first-order valence-corrected chi connectivity index (χ1v) is 15.2. The molecule has 1 saturated heterocycles. The molecule has 0 aromatic heterocycles. The molecular weight excluding hydrogens is 552 g/mol. The van der Waals surface area contributed by atoms with Gasteiger partial charge in [-0.3, -0.25) is 0 Å². The Balaban J connectivity index is 1.37. The van der Waals surface area contributed by atoms with Crippen LogP contribution in [-0.2, 0) is 15.8 Å². The van der Waals surface area contributed by atoms with E-state index in [0.29, 0.717) is 11.1 Å². The standard InChI is InChI=1S/C39H33F2NO2/c1-24-4-6-25(7-5-24)39(26-8-12-29(13-9-26)42-18-20-43-21-19-42)17-16-32-36-35(30-14-10-27(40)22-33(30)37(32)44-39)31-15-11-28(41)23-34(31)38(36,2)3/h4-17,22-23H,18-21H2,1-3H3. The van der Waals surface area contributed by atoms with Gasteiger partial charge >= 0.3 is 0 Å². The van der Waals surface area contributed by atoms with Gasteiger partial charge in [0, 0.05) is 46.3 Å². The van der Waals surface area contributed by atoms with Crippen LogP contribution < -0.4 is 9.64 Å². The minimum absolute atomic E-state index is 0.264. The van der Waals surface area contributed by atoms with E-state index in [2.05, 4.69) is 86.4 Å². The van der Waals surface area contributed by atoms with E-state index in [1.54, 1.807) is 12.1 Å². The Morgan fingerprint density at radius 1 is 0.750 bits per heavy atom. The fraction of sp³-hybridized carbons (Fsp3) is 0.231. The van der Waals surface area contributed by atoms with Crippen molar-refractivity contribution >= 4 is 22.5 Å². The van der Waals surface area contributed by atoms with Crippen molar-refractivity contribution in [1.82, 2.24) is 0 Å². The van der Waals surface area contributed by atoms with E-state index in [1.165, 1.54) is 12.1 Å². The van der Waals surface area contributed by atoms with E-state index in [9.17, 15) is 4.39 Å². The van der Waals surface area contributed by atoms with Crippen molar-refractivity contribution in [2.75, 3.05) is 31.2 Å². The molecule has 44 heavy (non-hydrogen) atoms. The summed E-state index contributed by atoms with van der Waals surface area (Å²) in [4.78, 5) is 2.33. The monoisotopic (exact) mass is 585 g/mol. The molecular formula is C39H33F2NO2. The van der Waals surface area contributed by atoms with Crippen molar-refractivity contribution in [1.29, 1.82) is 0 Å². The first kappa shape index (κ1) is 27.1. The van der Waals surface area contributed by atoms with Crippen molar-refractivity contribution in [3.05, 3.63) is 136 Å². The Bertz CT molecular complexity index is 1970. The molecule has 1 fully saturated rings. The number of benzene rings is 5. The van der Waals surface area contributed by atoms with Crippen LogP contribution in [0.1, 0.15) is 47.2 Å². The summed E-state index contributed by atoms with van der Waals surface area (Å²) < 4.78 is 42.4. The molecule has 2 aliphatic heterocycles. The average Bonchev–Trinajstić information content (AvgIpc) is 3.27. The van der Waals surface area contributed by atoms with Gasteiger partial charge in [-0.1, -0.05) is 74.0 Å². The largest absolute Gasteiger partial charge is 0.472 e. The van der Waals surface area contributed by atoms with Gasteiger partial charge in [0.2, 0.25) is 0 Å². The number of halogens is 2. The predicted molar refractivity (Wildman–Crippen MR) is 173 cm³/mol. The third kappa shape index (κ3) is 3.95. The van der Waals surface area contributed by atoms with Gasteiger partial charge in [0.1, 0.15) is 17.4 Å².